The monoisotopic (exact) mass is 375 g/mol. The first kappa shape index (κ1) is 16.1. The minimum atomic E-state index is -1.19. The molecule has 0 bridgehead atoms. The Hall–Kier alpha value is -2.38. The summed E-state index contributed by atoms with van der Waals surface area (Å²) < 4.78 is 0. The highest BCUT2D eigenvalue weighted by molar-refractivity contribution is 7.19. The summed E-state index contributed by atoms with van der Waals surface area (Å²) in [4.78, 5) is 22.0. The quantitative estimate of drug-likeness (QED) is 0.464. The number of thiophene rings is 1. The first-order chi connectivity index (χ1) is 12.0. The van der Waals surface area contributed by atoms with Crippen molar-refractivity contribution in [2.24, 2.45) is 0 Å². The second-order valence-electron chi connectivity index (χ2n) is 5.89. The molecule has 0 radical (unpaired) electrons. The predicted octanol–water partition coefficient (Wildman–Crippen LogP) is 4.37. The smallest absolute Gasteiger partial charge is 0.339 e. The fourth-order valence-corrected chi connectivity index (χ4v) is 4.62. The van der Waals surface area contributed by atoms with Crippen molar-refractivity contribution in [3.63, 3.8) is 0 Å². The van der Waals surface area contributed by atoms with E-state index in [1.807, 2.05) is 0 Å². The topological polar surface area (TPSA) is 95.3 Å². The zero-order valence-electron chi connectivity index (χ0n) is 13.0. The number of carboxylic acids is 1. The van der Waals surface area contributed by atoms with Crippen LogP contribution in [0.2, 0.25) is 5.28 Å². The number of nitrogens with zero attached hydrogens (tertiary/aromatic N) is 2. The molecule has 6 nitrogen and oxygen atoms in total. The van der Waals surface area contributed by atoms with E-state index in [1.165, 1.54) is 29.0 Å². The van der Waals surface area contributed by atoms with Gasteiger partial charge in [-0.3, -0.25) is 0 Å². The molecule has 0 fully saturated rings. The first-order valence-electron chi connectivity index (χ1n) is 7.84. The van der Waals surface area contributed by atoms with Crippen molar-refractivity contribution in [2.45, 2.75) is 25.7 Å². The number of rotatable bonds is 3. The van der Waals surface area contributed by atoms with E-state index >= 15 is 0 Å². The van der Waals surface area contributed by atoms with Gasteiger partial charge in [0.05, 0.1) is 5.39 Å². The van der Waals surface area contributed by atoms with E-state index < -0.39 is 5.97 Å². The van der Waals surface area contributed by atoms with Crippen LogP contribution >= 0.6 is 22.9 Å². The van der Waals surface area contributed by atoms with Gasteiger partial charge in [-0.2, -0.15) is 4.98 Å². The van der Waals surface area contributed by atoms with Crippen molar-refractivity contribution in [1.82, 2.24) is 9.97 Å². The number of fused-ring (bicyclic) bond motifs is 3. The highest BCUT2D eigenvalue weighted by atomic mass is 35.5. The van der Waals surface area contributed by atoms with Crippen molar-refractivity contribution in [3.8, 4) is 5.75 Å². The normalized spacial score (nSPS) is 13.6. The molecule has 0 spiro atoms. The van der Waals surface area contributed by atoms with Crippen LogP contribution in [-0.4, -0.2) is 26.2 Å². The lowest BCUT2D eigenvalue weighted by atomic mass is 9.97. The van der Waals surface area contributed by atoms with Crippen LogP contribution in [0.15, 0.2) is 18.2 Å². The number of aromatic nitrogens is 2. The standard InChI is InChI=1S/C17H14ClN3O3S/c18-17-20-14(19-8-5-6-11(22)10(7-8)16(23)24)13-9-3-1-2-4-12(9)25-15(13)21-17/h5-7,22H,1-4H2,(H,23,24)(H,19,20,21). The van der Waals surface area contributed by atoms with Gasteiger partial charge < -0.3 is 15.5 Å². The fourth-order valence-electron chi connectivity index (χ4n) is 3.14. The van der Waals surface area contributed by atoms with E-state index in [4.69, 9.17) is 16.7 Å². The minimum Gasteiger partial charge on any atom is -0.507 e. The molecule has 128 valence electrons. The van der Waals surface area contributed by atoms with Gasteiger partial charge in [-0.25, -0.2) is 9.78 Å². The average Bonchev–Trinajstić information content (AvgIpc) is 2.94. The number of anilines is 2. The molecule has 0 unspecified atom stereocenters. The summed E-state index contributed by atoms with van der Waals surface area (Å²) in [6.45, 7) is 0. The highest BCUT2D eigenvalue weighted by Gasteiger charge is 2.21. The number of hydrogen-bond acceptors (Lipinski definition) is 6. The fraction of sp³-hybridized carbons (Fsp3) is 0.235. The second kappa shape index (κ2) is 6.16. The summed E-state index contributed by atoms with van der Waals surface area (Å²) in [5.41, 5.74) is 1.60. The van der Waals surface area contributed by atoms with Crippen molar-refractivity contribution in [1.29, 1.82) is 0 Å². The molecule has 1 aliphatic carbocycles. The summed E-state index contributed by atoms with van der Waals surface area (Å²) >= 11 is 7.71. The zero-order chi connectivity index (χ0) is 17.6. The summed E-state index contributed by atoms with van der Waals surface area (Å²) in [5.74, 6) is -0.909. The van der Waals surface area contributed by atoms with Crippen LogP contribution < -0.4 is 5.32 Å². The van der Waals surface area contributed by atoms with Crippen molar-refractivity contribution >= 4 is 50.6 Å². The Morgan fingerprint density at radius 1 is 1.24 bits per heavy atom. The molecule has 3 N–H and O–H groups in total. The van der Waals surface area contributed by atoms with Crippen LogP contribution in [0, 0.1) is 0 Å². The zero-order valence-corrected chi connectivity index (χ0v) is 14.6. The number of phenols is 1. The lowest BCUT2D eigenvalue weighted by Crippen LogP contribution is -2.02. The number of nitrogens with one attached hydrogen (secondary N) is 1. The molecule has 3 aromatic rings. The van der Waals surface area contributed by atoms with E-state index in [0.717, 1.165) is 29.5 Å². The van der Waals surface area contributed by atoms with Crippen molar-refractivity contribution in [2.75, 3.05) is 5.32 Å². The Morgan fingerprint density at radius 2 is 2.04 bits per heavy atom. The SMILES string of the molecule is O=C(O)c1cc(Nc2nc(Cl)nc3sc4c(c23)CCCC4)ccc1O. The number of aromatic hydroxyl groups is 1. The highest BCUT2D eigenvalue weighted by Crippen LogP contribution is 2.40. The predicted molar refractivity (Wildman–Crippen MR) is 97.4 cm³/mol. The van der Waals surface area contributed by atoms with Gasteiger partial charge in [0.1, 0.15) is 22.0 Å². The minimum absolute atomic E-state index is 0.144. The van der Waals surface area contributed by atoms with Crippen LogP contribution in [-0.2, 0) is 12.8 Å². The molecule has 25 heavy (non-hydrogen) atoms. The van der Waals surface area contributed by atoms with Crippen LogP contribution in [0.4, 0.5) is 11.5 Å². The Balaban J connectivity index is 1.83. The number of hydrogen-bond donors (Lipinski definition) is 3. The average molecular weight is 376 g/mol. The van der Waals surface area contributed by atoms with Gasteiger partial charge in [0.15, 0.2) is 0 Å². The third-order valence-electron chi connectivity index (χ3n) is 4.28. The van der Waals surface area contributed by atoms with Gasteiger partial charge >= 0.3 is 5.97 Å². The van der Waals surface area contributed by atoms with Gasteiger partial charge in [-0.05, 0) is 61.0 Å². The van der Waals surface area contributed by atoms with Gasteiger partial charge in [0.25, 0.3) is 0 Å². The number of benzene rings is 1. The summed E-state index contributed by atoms with van der Waals surface area (Å²) in [7, 11) is 0. The molecular weight excluding hydrogens is 362 g/mol. The molecule has 0 amide bonds. The Morgan fingerprint density at radius 3 is 2.84 bits per heavy atom. The molecule has 8 heteroatoms. The number of carboxylic acid groups (broad SMARTS) is 1. The molecule has 1 aromatic carbocycles. The summed E-state index contributed by atoms with van der Waals surface area (Å²) in [5, 5.41) is 23.1. The maximum absolute atomic E-state index is 11.2. The molecule has 0 saturated heterocycles. The van der Waals surface area contributed by atoms with Gasteiger partial charge in [-0.15, -0.1) is 11.3 Å². The Labute approximate surface area is 152 Å². The molecular formula is C17H14ClN3O3S. The molecule has 0 saturated carbocycles. The molecule has 1 aliphatic rings. The number of aromatic carboxylic acids is 1. The van der Waals surface area contributed by atoms with Crippen molar-refractivity contribution < 1.29 is 15.0 Å². The van der Waals surface area contributed by atoms with Crippen LogP contribution in [0.25, 0.3) is 10.2 Å². The van der Waals surface area contributed by atoms with Crippen LogP contribution in [0.1, 0.15) is 33.6 Å². The lowest BCUT2D eigenvalue weighted by molar-refractivity contribution is 0.0694. The van der Waals surface area contributed by atoms with Gasteiger partial charge in [-0.1, -0.05) is 0 Å². The van der Waals surface area contributed by atoms with E-state index in [1.54, 1.807) is 17.4 Å². The number of aryl methyl sites for hydroxylation is 2. The third-order valence-corrected chi connectivity index (χ3v) is 5.63. The Kier molecular flexibility index (Phi) is 3.97. The Bertz CT molecular complexity index is 1000. The van der Waals surface area contributed by atoms with E-state index in [0.29, 0.717) is 11.5 Å². The number of carbonyl (C=O) groups is 1. The maximum Gasteiger partial charge on any atom is 0.339 e. The molecule has 0 atom stereocenters. The van der Waals surface area contributed by atoms with Crippen molar-refractivity contribution in [3.05, 3.63) is 39.5 Å². The molecule has 2 aromatic heterocycles. The number of halogens is 1. The van der Waals surface area contributed by atoms with Gasteiger partial charge in [0.2, 0.25) is 5.28 Å². The second-order valence-corrected chi connectivity index (χ2v) is 7.32. The molecule has 2 heterocycles. The van der Waals surface area contributed by atoms with E-state index in [2.05, 4.69) is 15.3 Å². The summed E-state index contributed by atoms with van der Waals surface area (Å²) in [6.07, 6.45) is 4.31. The lowest BCUT2D eigenvalue weighted by Gasteiger charge is -2.13. The van der Waals surface area contributed by atoms with Crippen LogP contribution in [0.3, 0.4) is 0 Å². The third kappa shape index (κ3) is 2.89. The largest absolute Gasteiger partial charge is 0.507 e. The van der Waals surface area contributed by atoms with Gasteiger partial charge in [0, 0.05) is 10.6 Å². The van der Waals surface area contributed by atoms with E-state index in [9.17, 15) is 9.90 Å². The maximum atomic E-state index is 11.2. The van der Waals surface area contributed by atoms with Crippen LogP contribution in [0.5, 0.6) is 5.75 Å². The first-order valence-corrected chi connectivity index (χ1v) is 9.03. The van der Waals surface area contributed by atoms with E-state index in [-0.39, 0.29) is 16.6 Å². The molecule has 0 aliphatic heterocycles. The molecule has 4 rings (SSSR count). The summed E-state index contributed by atoms with van der Waals surface area (Å²) in [6, 6.07) is 4.32.